The smallest absolute Gasteiger partial charge is 0.205 e. The molecule has 0 aliphatic carbocycles. The minimum atomic E-state index is -0.389. The van der Waals surface area contributed by atoms with Crippen molar-refractivity contribution in [3.63, 3.8) is 0 Å². The van der Waals surface area contributed by atoms with Crippen LogP contribution >= 0.6 is 0 Å². The molecule has 0 bridgehead atoms. The highest BCUT2D eigenvalue weighted by atomic mass is 16.5. The van der Waals surface area contributed by atoms with E-state index in [1.807, 2.05) is 30.3 Å². The number of H-pyrrole nitrogens is 1. The Hall–Kier alpha value is -3.10. The Morgan fingerprint density at radius 1 is 1.12 bits per heavy atom. The van der Waals surface area contributed by atoms with E-state index in [1.165, 1.54) is 0 Å². The summed E-state index contributed by atoms with van der Waals surface area (Å²) in [5.41, 5.74) is 3.73. The Bertz CT molecular complexity index is 860. The van der Waals surface area contributed by atoms with E-state index >= 15 is 0 Å². The van der Waals surface area contributed by atoms with E-state index in [0.717, 1.165) is 22.3 Å². The third kappa shape index (κ3) is 2.75. The van der Waals surface area contributed by atoms with Crippen molar-refractivity contribution in [1.29, 1.82) is 0 Å². The van der Waals surface area contributed by atoms with E-state index in [0.29, 0.717) is 19.0 Å². The van der Waals surface area contributed by atoms with Crippen molar-refractivity contribution >= 4 is 0 Å². The lowest BCUT2D eigenvalue weighted by atomic mass is 10.0. The number of tetrazole rings is 1. The Labute approximate surface area is 138 Å². The number of quaternary nitrogens is 1. The summed E-state index contributed by atoms with van der Waals surface area (Å²) in [6.07, 6.45) is 6.80. The number of nitrogens with zero attached hydrogens (tertiary/aromatic N) is 5. The summed E-state index contributed by atoms with van der Waals surface area (Å²) in [7, 11) is 0. The van der Waals surface area contributed by atoms with E-state index in [9.17, 15) is 5.21 Å². The Morgan fingerprint density at radius 3 is 2.71 bits per heavy atom. The molecule has 3 heterocycles. The maximum absolute atomic E-state index is 12.4. The van der Waals surface area contributed by atoms with Crippen LogP contribution in [-0.4, -0.2) is 36.9 Å². The van der Waals surface area contributed by atoms with Crippen LogP contribution in [0.25, 0.3) is 22.5 Å². The summed E-state index contributed by atoms with van der Waals surface area (Å²) < 4.78 is -0.389. The van der Waals surface area contributed by atoms with Gasteiger partial charge in [-0.05, 0) is 16.8 Å². The molecule has 2 N–H and O–H groups in total. The fraction of sp³-hybridized carbons (Fsp3) is 0.125. The lowest BCUT2D eigenvalue weighted by molar-refractivity contribution is -0.839. The number of rotatable bonds is 4. The van der Waals surface area contributed by atoms with Crippen LogP contribution < -0.4 is 5.32 Å². The first-order valence-corrected chi connectivity index (χ1v) is 7.50. The van der Waals surface area contributed by atoms with Gasteiger partial charge in [0.1, 0.15) is 12.7 Å². The third-order valence-electron chi connectivity index (χ3n) is 3.95. The van der Waals surface area contributed by atoms with Gasteiger partial charge in [-0.2, -0.15) is 5.21 Å². The quantitative estimate of drug-likeness (QED) is 0.561. The van der Waals surface area contributed by atoms with E-state index in [1.54, 1.807) is 24.8 Å². The summed E-state index contributed by atoms with van der Waals surface area (Å²) in [4.78, 5) is 4.19. The highest BCUT2D eigenvalue weighted by Gasteiger charge is 2.18. The average molecular weight is 321 g/mol. The molecule has 1 aliphatic rings. The fourth-order valence-corrected chi connectivity index (χ4v) is 2.75. The molecular formula is C16H15N7O. The Kier molecular flexibility index (Phi) is 3.52. The molecular weight excluding hydrogens is 306 g/mol. The summed E-state index contributed by atoms with van der Waals surface area (Å²) in [6.45, 7) is 0.765. The minimum Gasteiger partial charge on any atom is -0.626 e. The molecule has 2 aromatic heterocycles. The molecule has 120 valence electrons. The second kappa shape index (κ2) is 5.84. The fourth-order valence-electron chi connectivity index (χ4n) is 2.75. The summed E-state index contributed by atoms with van der Waals surface area (Å²) >= 11 is 0. The molecule has 24 heavy (non-hydrogen) atoms. The van der Waals surface area contributed by atoms with Crippen LogP contribution in [0.3, 0.4) is 0 Å². The van der Waals surface area contributed by atoms with Crippen LogP contribution in [0.4, 0.5) is 0 Å². The number of benzene rings is 1. The van der Waals surface area contributed by atoms with Gasteiger partial charge in [0.25, 0.3) is 0 Å². The predicted molar refractivity (Wildman–Crippen MR) is 87.3 cm³/mol. The van der Waals surface area contributed by atoms with Crippen LogP contribution in [0.2, 0.25) is 0 Å². The zero-order valence-corrected chi connectivity index (χ0v) is 12.8. The lowest BCUT2D eigenvalue weighted by Gasteiger charge is -2.34. The first-order chi connectivity index (χ1) is 11.7. The van der Waals surface area contributed by atoms with Crippen molar-refractivity contribution in [3.8, 4) is 22.5 Å². The van der Waals surface area contributed by atoms with E-state index in [4.69, 9.17) is 0 Å². The van der Waals surface area contributed by atoms with Gasteiger partial charge in [-0.15, -0.1) is 10.2 Å². The normalized spacial score (nSPS) is 19.4. The van der Waals surface area contributed by atoms with Gasteiger partial charge >= 0.3 is 0 Å². The van der Waals surface area contributed by atoms with Gasteiger partial charge in [-0.25, -0.2) is 0 Å². The summed E-state index contributed by atoms with van der Waals surface area (Å²) in [5.74, 6) is 0.522. The summed E-state index contributed by atoms with van der Waals surface area (Å²) in [6, 6.07) is 9.75. The van der Waals surface area contributed by atoms with E-state index < -0.39 is 0 Å². The molecule has 3 aromatic rings. The van der Waals surface area contributed by atoms with Crippen molar-refractivity contribution < 1.29 is 4.65 Å². The molecule has 0 fully saturated rings. The monoisotopic (exact) mass is 321 g/mol. The molecule has 8 heteroatoms. The van der Waals surface area contributed by atoms with E-state index in [2.05, 4.69) is 30.9 Å². The number of hydrogen-bond acceptors (Lipinski definition) is 6. The molecule has 8 nitrogen and oxygen atoms in total. The number of nitrogens with one attached hydrogen (secondary N) is 2. The van der Waals surface area contributed by atoms with Crippen molar-refractivity contribution in [3.05, 3.63) is 65.9 Å². The molecule has 0 spiro atoms. The van der Waals surface area contributed by atoms with Crippen molar-refractivity contribution in [2.45, 2.75) is 6.54 Å². The van der Waals surface area contributed by atoms with Crippen molar-refractivity contribution in [2.24, 2.45) is 0 Å². The highest BCUT2D eigenvalue weighted by Crippen LogP contribution is 2.29. The molecule has 1 aromatic carbocycles. The van der Waals surface area contributed by atoms with Crippen LogP contribution in [-0.2, 0) is 6.54 Å². The maximum atomic E-state index is 12.4. The predicted octanol–water partition coefficient (Wildman–Crippen LogP) is 1.78. The lowest BCUT2D eigenvalue weighted by Crippen LogP contribution is -2.36. The zero-order chi connectivity index (χ0) is 16.4. The van der Waals surface area contributed by atoms with Gasteiger partial charge in [0.05, 0.1) is 6.20 Å². The first-order valence-electron chi connectivity index (χ1n) is 7.50. The molecule has 4 rings (SSSR count). The van der Waals surface area contributed by atoms with Crippen LogP contribution in [0.5, 0.6) is 0 Å². The Morgan fingerprint density at radius 2 is 2.00 bits per heavy atom. The molecule has 0 amide bonds. The summed E-state index contributed by atoms with van der Waals surface area (Å²) in [5, 5.41) is 29.5. The molecule has 0 saturated heterocycles. The standard InChI is InChI=1S/C16H15N7O/c24-23(8-7-18-11-23)10-12-1-3-13(4-2-12)15-9-17-6-5-14(15)16-19-21-22-20-16/h1-9,18H,10-11H2,(H,19,20,21,22). The molecule has 1 atom stereocenters. The van der Waals surface area contributed by atoms with Gasteiger partial charge in [0.2, 0.25) is 5.82 Å². The van der Waals surface area contributed by atoms with Crippen LogP contribution in [0, 0.1) is 5.21 Å². The first kappa shape index (κ1) is 14.5. The number of pyridine rings is 1. The van der Waals surface area contributed by atoms with Gasteiger partial charge in [-0.3, -0.25) is 4.98 Å². The van der Waals surface area contributed by atoms with E-state index in [-0.39, 0.29) is 4.65 Å². The molecule has 0 radical (unpaired) electrons. The zero-order valence-electron chi connectivity index (χ0n) is 12.8. The number of hydrogen-bond donors (Lipinski definition) is 2. The van der Waals surface area contributed by atoms with Crippen molar-refractivity contribution in [2.75, 3.05) is 6.67 Å². The molecule has 1 aliphatic heterocycles. The van der Waals surface area contributed by atoms with Gasteiger partial charge in [-0.1, -0.05) is 24.3 Å². The Balaban J connectivity index is 1.63. The number of aromatic nitrogens is 5. The topological polar surface area (TPSA) is 102 Å². The highest BCUT2D eigenvalue weighted by molar-refractivity contribution is 5.79. The largest absolute Gasteiger partial charge is 0.626 e. The second-order valence-electron chi connectivity index (χ2n) is 5.64. The molecule has 0 saturated carbocycles. The second-order valence-corrected chi connectivity index (χ2v) is 5.64. The number of hydroxylamine groups is 3. The van der Waals surface area contributed by atoms with Crippen LogP contribution in [0.15, 0.2) is 55.1 Å². The minimum absolute atomic E-state index is 0.367. The van der Waals surface area contributed by atoms with Gasteiger partial charge in [0, 0.05) is 29.1 Å². The van der Waals surface area contributed by atoms with Gasteiger partial charge < -0.3 is 15.2 Å². The van der Waals surface area contributed by atoms with Crippen molar-refractivity contribution in [1.82, 2.24) is 30.9 Å². The average Bonchev–Trinajstić information content (AvgIpc) is 3.28. The maximum Gasteiger partial charge on any atom is 0.205 e. The third-order valence-corrected chi connectivity index (χ3v) is 3.95. The van der Waals surface area contributed by atoms with Gasteiger partial charge in [0.15, 0.2) is 6.67 Å². The SMILES string of the molecule is [O-][N+]1(Cc2ccc(-c3cnccc3-c3nn[nH]n3)cc2)C=CNC1. The molecule has 1 unspecified atom stereocenters. The van der Waals surface area contributed by atoms with Crippen LogP contribution in [0.1, 0.15) is 5.56 Å². The number of aromatic amines is 1.